The number of nitrogens with one attached hydrogen (secondary N) is 1. The molecule has 0 unspecified atom stereocenters. The first-order chi connectivity index (χ1) is 9.63. The molecule has 0 aliphatic heterocycles. The van der Waals surface area contributed by atoms with Crippen LogP contribution in [-0.2, 0) is 17.9 Å². The van der Waals surface area contributed by atoms with E-state index in [1.165, 1.54) is 47.4 Å². The highest BCUT2D eigenvalue weighted by atomic mass is 32.1. The Hall–Kier alpha value is -0.380. The molecule has 0 amide bonds. The molecule has 0 radical (unpaired) electrons. The molecule has 3 heteroatoms. The Balaban J connectivity index is 2.19. The Kier molecular flexibility index (Phi) is 9.16. The molecule has 0 aliphatic rings. The molecule has 0 aliphatic carbocycles. The minimum Gasteiger partial charge on any atom is -0.377 e. The van der Waals surface area contributed by atoms with E-state index in [1.54, 1.807) is 0 Å². The first-order valence-corrected chi connectivity index (χ1v) is 8.84. The van der Waals surface area contributed by atoms with Crippen LogP contribution in [0, 0.1) is 6.92 Å². The van der Waals surface area contributed by atoms with Gasteiger partial charge in [-0.1, -0.05) is 46.5 Å². The summed E-state index contributed by atoms with van der Waals surface area (Å²) in [5.74, 6) is 0. The molecular weight excluding hydrogens is 266 g/mol. The van der Waals surface area contributed by atoms with Crippen LogP contribution < -0.4 is 5.32 Å². The van der Waals surface area contributed by atoms with Crippen molar-refractivity contribution in [2.75, 3.05) is 6.61 Å². The van der Waals surface area contributed by atoms with E-state index in [0.29, 0.717) is 6.04 Å². The van der Waals surface area contributed by atoms with Gasteiger partial charge in [-0.3, -0.25) is 0 Å². The average molecular weight is 298 g/mol. The molecule has 0 atom stereocenters. The van der Waals surface area contributed by atoms with Crippen LogP contribution in [-0.4, -0.2) is 12.6 Å². The van der Waals surface area contributed by atoms with Crippen LogP contribution in [0.5, 0.6) is 0 Å². The van der Waals surface area contributed by atoms with Crippen LogP contribution in [0.4, 0.5) is 0 Å². The van der Waals surface area contributed by atoms with Crippen LogP contribution in [0.15, 0.2) is 6.07 Å². The third-order valence-corrected chi connectivity index (χ3v) is 4.50. The van der Waals surface area contributed by atoms with Crippen LogP contribution in [0.1, 0.15) is 68.2 Å². The van der Waals surface area contributed by atoms with Gasteiger partial charge in [-0.25, -0.2) is 0 Å². The van der Waals surface area contributed by atoms with Gasteiger partial charge in [0.2, 0.25) is 0 Å². The second-order valence-corrected chi connectivity index (χ2v) is 7.14. The third-order valence-electron chi connectivity index (χ3n) is 3.41. The Morgan fingerprint density at radius 3 is 2.65 bits per heavy atom. The lowest BCUT2D eigenvalue weighted by atomic mass is 10.2. The van der Waals surface area contributed by atoms with Crippen molar-refractivity contribution in [3.63, 3.8) is 0 Å². The molecule has 20 heavy (non-hydrogen) atoms. The standard InChI is InChI=1S/C17H31NOS/c1-5-6-7-8-9-10-19-13-16-11-17(20-15(16)4)12-18-14(2)3/h11,14,18H,5-10,12-13H2,1-4H3. The second kappa shape index (κ2) is 10.4. The molecule has 2 nitrogen and oxygen atoms in total. The average Bonchev–Trinajstić information content (AvgIpc) is 2.76. The van der Waals surface area contributed by atoms with Gasteiger partial charge in [0, 0.05) is 28.9 Å². The quantitative estimate of drug-likeness (QED) is 0.578. The van der Waals surface area contributed by atoms with Crippen molar-refractivity contribution in [2.24, 2.45) is 0 Å². The molecule has 1 N–H and O–H groups in total. The molecule has 1 rings (SSSR count). The molecule has 0 fully saturated rings. The summed E-state index contributed by atoms with van der Waals surface area (Å²) in [7, 11) is 0. The summed E-state index contributed by atoms with van der Waals surface area (Å²) in [6.07, 6.45) is 6.52. The molecule has 0 saturated carbocycles. The highest BCUT2D eigenvalue weighted by molar-refractivity contribution is 7.12. The molecule has 116 valence electrons. The molecular formula is C17H31NOS. The molecule has 1 heterocycles. The normalized spacial score (nSPS) is 11.4. The van der Waals surface area contributed by atoms with E-state index in [0.717, 1.165) is 19.8 Å². The summed E-state index contributed by atoms with van der Waals surface area (Å²) in [5.41, 5.74) is 1.36. The van der Waals surface area contributed by atoms with Crippen LogP contribution >= 0.6 is 11.3 Å². The van der Waals surface area contributed by atoms with Gasteiger partial charge in [-0.15, -0.1) is 11.3 Å². The number of ether oxygens (including phenoxy) is 1. The van der Waals surface area contributed by atoms with Crippen molar-refractivity contribution < 1.29 is 4.74 Å². The molecule has 1 aromatic rings. The maximum Gasteiger partial charge on any atom is 0.0727 e. The Morgan fingerprint density at radius 1 is 1.20 bits per heavy atom. The Labute approximate surface area is 128 Å². The zero-order chi connectivity index (χ0) is 14.8. The zero-order valence-corrected chi connectivity index (χ0v) is 14.4. The summed E-state index contributed by atoms with van der Waals surface area (Å²) >= 11 is 1.89. The van der Waals surface area contributed by atoms with Gasteiger partial charge in [-0.2, -0.15) is 0 Å². The maximum atomic E-state index is 5.81. The largest absolute Gasteiger partial charge is 0.377 e. The lowest BCUT2D eigenvalue weighted by Gasteiger charge is -2.05. The van der Waals surface area contributed by atoms with Crippen molar-refractivity contribution in [2.45, 2.75) is 79.0 Å². The van der Waals surface area contributed by atoms with Crippen LogP contribution in [0.3, 0.4) is 0 Å². The predicted molar refractivity (Wildman–Crippen MR) is 89.4 cm³/mol. The summed E-state index contributed by atoms with van der Waals surface area (Å²) in [6, 6.07) is 2.84. The molecule has 0 bridgehead atoms. The summed E-state index contributed by atoms with van der Waals surface area (Å²) in [4.78, 5) is 2.81. The van der Waals surface area contributed by atoms with Gasteiger partial charge in [0.25, 0.3) is 0 Å². The summed E-state index contributed by atoms with van der Waals surface area (Å²) in [5, 5.41) is 3.47. The Morgan fingerprint density at radius 2 is 1.95 bits per heavy atom. The first-order valence-electron chi connectivity index (χ1n) is 8.02. The van der Waals surface area contributed by atoms with Crippen molar-refractivity contribution in [3.05, 3.63) is 21.4 Å². The third kappa shape index (κ3) is 7.41. The van der Waals surface area contributed by atoms with E-state index in [4.69, 9.17) is 4.74 Å². The first kappa shape index (κ1) is 17.7. The maximum absolute atomic E-state index is 5.81. The number of hydrogen-bond acceptors (Lipinski definition) is 3. The Bertz CT molecular complexity index is 360. The molecule has 1 aromatic heterocycles. The SMILES string of the molecule is CCCCCCCOCc1cc(CNC(C)C)sc1C. The highest BCUT2D eigenvalue weighted by Crippen LogP contribution is 2.22. The van der Waals surface area contributed by atoms with E-state index in [1.807, 2.05) is 11.3 Å². The van der Waals surface area contributed by atoms with Gasteiger partial charge >= 0.3 is 0 Å². The fourth-order valence-corrected chi connectivity index (χ4v) is 3.11. The van der Waals surface area contributed by atoms with E-state index < -0.39 is 0 Å². The predicted octanol–water partition coefficient (Wildman–Crippen LogP) is 5.04. The van der Waals surface area contributed by atoms with Gasteiger partial charge in [0.1, 0.15) is 0 Å². The van der Waals surface area contributed by atoms with Crippen LogP contribution in [0.25, 0.3) is 0 Å². The summed E-state index contributed by atoms with van der Waals surface area (Å²) in [6.45, 7) is 11.5. The van der Waals surface area contributed by atoms with Gasteiger partial charge in [-0.05, 0) is 25.0 Å². The lowest BCUT2D eigenvalue weighted by molar-refractivity contribution is 0.116. The van der Waals surface area contributed by atoms with Gasteiger partial charge in [0.15, 0.2) is 0 Å². The van der Waals surface area contributed by atoms with Gasteiger partial charge < -0.3 is 10.1 Å². The number of unbranched alkanes of at least 4 members (excludes halogenated alkanes) is 4. The van der Waals surface area contributed by atoms with Crippen molar-refractivity contribution in [3.8, 4) is 0 Å². The molecule has 0 saturated heterocycles. The zero-order valence-electron chi connectivity index (χ0n) is 13.6. The van der Waals surface area contributed by atoms with E-state index in [9.17, 15) is 0 Å². The van der Waals surface area contributed by atoms with E-state index >= 15 is 0 Å². The van der Waals surface area contributed by atoms with Crippen LogP contribution in [0.2, 0.25) is 0 Å². The van der Waals surface area contributed by atoms with Crippen molar-refractivity contribution >= 4 is 11.3 Å². The fourth-order valence-electron chi connectivity index (χ4n) is 2.11. The van der Waals surface area contributed by atoms with Gasteiger partial charge in [0.05, 0.1) is 6.61 Å². The molecule has 0 aromatic carbocycles. The van der Waals surface area contributed by atoms with Crippen molar-refractivity contribution in [1.29, 1.82) is 0 Å². The van der Waals surface area contributed by atoms with E-state index in [-0.39, 0.29) is 0 Å². The van der Waals surface area contributed by atoms with E-state index in [2.05, 4.69) is 39.1 Å². The smallest absolute Gasteiger partial charge is 0.0727 e. The fraction of sp³-hybridized carbons (Fsp3) is 0.765. The number of hydrogen-bond donors (Lipinski definition) is 1. The second-order valence-electron chi connectivity index (χ2n) is 5.80. The monoisotopic (exact) mass is 297 g/mol. The number of aryl methyl sites for hydroxylation is 1. The number of thiophene rings is 1. The minimum absolute atomic E-state index is 0.542. The topological polar surface area (TPSA) is 21.3 Å². The number of rotatable bonds is 11. The minimum atomic E-state index is 0.542. The lowest BCUT2D eigenvalue weighted by Crippen LogP contribution is -2.21. The molecule has 0 spiro atoms. The summed E-state index contributed by atoms with van der Waals surface area (Å²) < 4.78 is 5.81. The highest BCUT2D eigenvalue weighted by Gasteiger charge is 2.06. The van der Waals surface area contributed by atoms with Crippen molar-refractivity contribution in [1.82, 2.24) is 5.32 Å².